The van der Waals surface area contributed by atoms with Crippen LogP contribution in [0.25, 0.3) is 54.9 Å². The van der Waals surface area contributed by atoms with Crippen molar-refractivity contribution in [2.24, 2.45) is 0 Å². The molecule has 0 fully saturated rings. The number of fused-ring (bicyclic) bond motifs is 7. The summed E-state index contributed by atoms with van der Waals surface area (Å²) in [6.45, 7) is 0. The fraction of sp³-hybridized carbons (Fsp3) is 0. The molecule has 0 saturated heterocycles. The third-order valence-corrected chi connectivity index (χ3v) is 8.43. The molecule has 7 rings (SSSR count). The zero-order valence-corrected chi connectivity index (χ0v) is 25.3. The number of hydrogen-bond donors (Lipinski definition) is 0. The van der Waals surface area contributed by atoms with Crippen molar-refractivity contribution in [3.8, 4) is 44.9 Å². The third kappa shape index (κ3) is 4.81. The molecular weight excluding hydrogens is 777 g/mol. The maximum atomic E-state index is 15.2. The van der Waals surface area contributed by atoms with Gasteiger partial charge in [0.25, 0.3) is 0 Å². The standard InChI is InChI=1S/C32H11F10O4P.Ag/c33-21-19(22(34)26(38)29(41)25(21)37)15-9-11-5-1-3-7-13(11)17-18-14-8-4-2-6-12(14)10-16(32(18)46-47(43,44)45-31(15)17)20-23(35)27(39)30(42)28(40)24(20)36;/h1-10H,(H,43,44);/q;+1/p-1. The monoisotopic (exact) mass is 786 g/mol. The normalized spacial score (nSPS) is 13.3. The number of halogens is 10. The topological polar surface area (TPSA) is 58.6 Å². The van der Waals surface area contributed by atoms with Gasteiger partial charge < -0.3 is 13.9 Å². The Bertz CT molecular complexity index is 2220. The molecule has 0 aromatic heterocycles. The Morgan fingerprint density at radius 2 is 0.750 bits per heavy atom. The molecule has 4 nitrogen and oxygen atoms in total. The van der Waals surface area contributed by atoms with Crippen LogP contribution in [0.3, 0.4) is 0 Å². The summed E-state index contributed by atoms with van der Waals surface area (Å²) >= 11 is 0. The van der Waals surface area contributed by atoms with Gasteiger partial charge in [-0.05, 0) is 33.7 Å². The predicted molar refractivity (Wildman–Crippen MR) is 146 cm³/mol. The molecule has 0 atom stereocenters. The van der Waals surface area contributed by atoms with Crippen LogP contribution in [-0.2, 0) is 26.9 Å². The van der Waals surface area contributed by atoms with Gasteiger partial charge in [-0.1, -0.05) is 48.5 Å². The molecule has 48 heavy (non-hydrogen) atoms. The molecule has 6 aromatic rings. The van der Waals surface area contributed by atoms with E-state index in [1.165, 1.54) is 48.5 Å². The average molecular weight is 787 g/mol. The molecular formula is C32H10AgF10O4P. The van der Waals surface area contributed by atoms with E-state index in [1.807, 2.05) is 0 Å². The molecule has 6 aromatic carbocycles. The van der Waals surface area contributed by atoms with Crippen LogP contribution >= 0.6 is 7.82 Å². The van der Waals surface area contributed by atoms with E-state index in [-0.39, 0.29) is 43.9 Å². The first-order valence-electron chi connectivity index (χ1n) is 13.1. The minimum absolute atomic E-state index is 0. The maximum absolute atomic E-state index is 15.2. The van der Waals surface area contributed by atoms with Gasteiger partial charge in [0.05, 0.1) is 11.1 Å². The van der Waals surface area contributed by atoms with Crippen molar-refractivity contribution in [2.75, 3.05) is 0 Å². The van der Waals surface area contributed by atoms with Gasteiger partial charge in [-0.15, -0.1) is 0 Å². The largest absolute Gasteiger partial charge is 1.00 e. The second kappa shape index (κ2) is 11.7. The van der Waals surface area contributed by atoms with Gasteiger partial charge in [0.15, 0.2) is 46.5 Å². The number of benzene rings is 6. The van der Waals surface area contributed by atoms with Gasteiger partial charge in [-0.25, -0.2) is 48.5 Å². The van der Waals surface area contributed by atoms with Gasteiger partial charge in [0.1, 0.15) is 11.5 Å². The van der Waals surface area contributed by atoms with Gasteiger partial charge in [-0.3, -0.25) is 0 Å². The van der Waals surface area contributed by atoms with E-state index in [9.17, 15) is 35.8 Å². The van der Waals surface area contributed by atoms with Crippen molar-refractivity contribution in [1.82, 2.24) is 0 Å². The Labute approximate surface area is 277 Å². The zero-order valence-electron chi connectivity index (χ0n) is 22.9. The first-order chi connectivity index (χ1) is 22.2. The molecule has 0 radical (unpaired) electrons. The van der Waals surface area contributed by atoms with Crippen LogP contribution in [0, 0.1) is 58.2 Å². The van der Waals surface area contributed by atoms with Crippen molar-refractivity contribution in [3.63, 3.8) is 0 Å². The van der Waals surface area contributed by atoms with Crippen LogP contribution in [0.2, 0.25) is 0 Å². The Morgan fingerprint density at radius 3 is 1.08 bits per heavy atom. The van der Waals surface area contributed by atoms with Crippen molar-refractivity contribution in [3.05, 3.63) is 119 Å². The smallest absolute Gasteiger partial charge is 0.736 e. The Balaban J connectivity index is 0.00000401. The second-order valence-corrected chi connectivity index (χ2v) is 11.5. The van der Waals surface area contributed by atoms with E-state index in [0.717, 1.165) is 12.1 Å². The molecule has 1 aliphatic rings. The van der Waals surface area contributed by atoms with E-state index < -0.39 is 111 Å². The summed E-state index contributed by atoms with van der Waals surface area (Å²) in [5.74, 6) is -25.9. The quantitative estimate of drug-likeness (QED) is 0.0577. The molecule has 0 aliphatic carbocycles. The van der Waals surface area contributed by atoms with Crippen molar-refractivity contribution >= 4 is 29.4 Å². The summed E-state index contributed by atoms with van der Waals surface area (Å²) in [5, 5.41) is 0.0179. The minimum Gasteiger partial charge on any atom is -0.736 e. The van der Waals surface area contributed by atoms with Crippen LogP contribution in [0.15, 0.2) is 60.7 Å². The summed E-state index contributed by atoms with van der Waals surface area (Å²) < 4.78 is 170. The molecule has 248 valence electrons. The third-order valence-electron chi connectivity index (χ3n) is 7.62. The van der Waals surface area contributed by atoms with Crippen LogP contribution < -0.4 is 13.9 Å². The van der Waals surface area contributed by atoms with E-state index in [2.05, 4.69) is 0 Å². The molecule has 0 spiro atoms. The zero-order chi connectivity index (χ0) is 33.7. The summed E-state index contributed by atoms with van der Waals surface area (Å²) in [6, 6.07) is 12.7. The molecule has 1 heterocycles. The molecule has 0 amide bonds. The minimum atomic E-state index is -5.94. The van der Waals surface area contributed by atoms with Gasteiger partial charge in [0.2, 0.25) is 11.6 Å². The van der Waals surface area contributed by atoms with Crippen LogP contribution in [0.4, 0.5) is 43.9 Å². The number of hydrogen-bond acceptors (Lipinski definition) is 4. The first kappa shape index (κ1) is 33.6. The predicted octanol–water partition coefficient (Wildman–Crippen LogP) is 9.62. The molecule has 1 aliphatic heterocycles. The summed E-state index contributed by atoms with van der Waals surface area (Å²) in [5.41, 5.74) is -6.02. The van der Waals surface area contributed by atoms with Crippen LogP contribution in [-0.4, -0.2) is 0 Å². The number of phosphoric acid groups is 1. The number of phosphoric ester groups is 1. The van der Waals surface area contributed by atoms with Crippen molar-refractivity contribution < 1.29 is 84.8 Å². The average Bonchev–Trinajstić information content (AvgIpc) is 3.18. The first-order valence-corrected chi connectivity index (χ1v) is 14.5. The Hall–Kier alpha value is -4.33. The molecule has 0 unspecified atom stereocenters. The molecule has 0 N–H and O–H groups in total. The van der Waals surface area contributed by atoms with Crippen molar-refractivity contribution in [1.29, 1.82) is 0 Å². The second-order valence-electron chi connectivity index (χ2n) is 10.2. The Kier molecular flexibility index (Phi) is 8.16. The summed E-state index contributed by atoms with van der Waals surface area (Å²) in [4.78, 5) is 13.3. The Morgan fingerprint density at radius 1 is 0.458 bits per heavy atom. The van der Waals surface area contributed by atoms with E-state index in [1.54, 1.807) is 0 Å². The van der Waals surface area contributed by atoms with Gasteiger partial charge in [-0.2, -0.15) is 0 Å². The summed E-state index contributed by atoms with van der Waals surface area (Å²) in [7, 11) is -5.94. The SMILES string of the molecule is O=P1([O-])Oc2c(-c3c(F)c(F)c(F)c(F)c3F)cc3ccccc3c2-c2c(c(-c3c(F)c(F)c(F)c(F)c3F)cc3ccccc23)O1.[Ag+]. The van der Waals surface area contributed by atoms with Crippen molar-refractivity contribution in [2.45, 2.75) is 0 Å². The van der Waals surface area contributed by atoms with Gasteiger partial charge in [0, 0.05) is 22.3 Å². The number of rotatable bonds is 2. The molecule has 16 heteroatoms. The van der Waals surface area contributed by atoms with E-state index in [4.69, 9.17) is 9.05 Å². The molecule has 0 saturated carbocycles. The fourth-order valence-corrected chi connectivity index (χ4v) is 6.50. The molecule has 0 bridgehead atoms. The summed E-state index contributed by atoms with van der Waals surface area (Å²) in [6.07, 6.45) is 0. The fourth-order valence-electron chi connectivity index (χ4n) is 5.64. The van der Waals surface area contributed by atoms with E-state index >= 15 is 17.6 Å². The van der Waals surface area contributed by atoms with Crippen LogP contribution in [0.5, 0.6) is 11.5 Å². The van der Waals surface area contributed by atoms with Gasteiger partial charge >= 0.3 is 30.2 Å². The van der Waals surface area contributed by atoms with Crippen LogP contribution in [0.1, 0.15) is 0 Å². The van der Waals surface area contributed by atoms with E-state index in [0.29, 0.717) is 0 Å². The maximum Gasteiger partial charge on any atom is 1.00 e.